The molecule has 1 aromatic carbocycles. The van der Waals surface area contributed by atoms with E-state index in [1.165, 1.54) is 20.4 Å². The fourth-order valence-electron chi connectivity index (χ4n) is 1.80. The molecule has 0 radical (unpaired) electrons. The maximum absolute atomic E-state index is 10.4. The van der Waals surface area contributed by atoms with Gasteiger partial charge in [-0.15, -0.1) is 0 Å². The zero-order valence-corrected chi connectivity index (χ0v) is 12.2. The maximum atomic E-state index is 10.4. The molecule has 2 aromatic rings. The van der Waals surface area contributed by atoms with Crippen LogP contribution in [-0.2, 0) is 0 Å². The van der Waals surface area contributed by atoms with Crippen molar-refractivity contribution in [3.05, 3.63) is 46.2 Å². The highest BCUT2D eigenvalue weighted by Gasteiger charge is 2.19. The summed E-state index contributed by atoms with van der Waals surface area (Å²) in [4.78, 5) is 8.26. The Morgan fingerprint density at radius 3 is 2.60 bits per heavy atom. The zero-order valence-electron chi connectivity index (χ0n) is 11.4. The summed E-state index contributed by atoms with van der Waals surface area (Å²) in [5.74, 6) is 0.550. The molecule has 106 valence electrons. The first kappa shape index (κ1) is 14.6. The van der Waals surface area contributed by atoms with Crippen LogP contribution in [0.3, 0.4) is 0 Å². The molecule has 0 aliphatic rings. The van der Waals surface area contributed by atoms with E-state index in [0.717, 1.165) is 5.56 Å². The minimum Gasteiger partial charge on any atom is -0.480 e. The summed E-state index contributed by atoms with van der Waals surface area (Å²) in [6, 6.07) is 5.28. The van der Waals surface area contributed by atoms with Crippen LogP contribution in [0.25, 0.3) is 0 Å². The van der Waals surface area contributed by atoms with Gasteiger partial charge in [-0.1, -0.05) is 23.7 Å². The van der Waals surface area contributed by atoms with Crippen molar-refractivity contribution in [2.24, 2.45) is 0 Å². The van der Waals surface area contributed by atoms with Gasteiger partial charge in [0.25, 0.3) is 0 Å². The molecule has 0 saturated carbocycles. The van der Waals surface area contributed by atoms with Gasteiger partial charge in [-0.25, -0.2) is 4.98 Å². The van der Waals surface area contributed by atoms with E-state index < -0.39 is 6.10 Å². The number of aliphatic hydroxyl groups excluding tert-OH is 1. The first-order chi connectivity index (χ1) is 9.56. The summed E-state index contributed by atoms with van der Waals surface area (Å²) >= 11 is 5.98. The Labute approximate surface area is 122 Å². The number of aryl methyl sites for hydroxylation is 1. The number of aromatic nitrogens is 2. The molecular formula is C14H15ClN2O3. The quantitative estimate of drug-likeness (QED) is 0.939. The average molecular weight is 295 g/mol. The van der Waals surface area contributed by atoms with Crippen molar-refractivity contribution in [1.29, 1.82) is 0 Å². The van der Waals surface area contributed by atoms with Crippen molar-refractivity contribution in [3.8, 4) is 11.8 Å². The number of halogens is 1. The van der Waals surface area contributed by atoms with E-state index >= 15 is 0 Å². The molecule has 1 atom stereocenters. The predicted octanol–water partition coefficient (Wildman–Crippen LogP) is 2.54. The highest BCUT2D eigenvalue weighted by atomic mass is 35.5. The average Bonchev–Trinajstić information content (AvgIpc) is 2.48. The predicted molar refractivity (Wildman–Crippen MR) is 75.4 cm³/mol. The van der Waals surface area contributed by atoms with Gasteiger partial charge in [0.1, 0.15) is 11.8 Å². The number of nitrogens with zero attached hydrogens (tertiary/aromatic N) is 2. The number of rotatable bonds is 4. The van der Waals surface area contributed by atoms with Gasteiger partial charge in [0.05, 0.1) is 20.4 Å². The molecule has 0 saturated heterocycles. The van der Waals surface area contributed by atoms with Crippen LogP contribution in [0.15, 0.2) is 24.4 Å². The second-order valence-corrected chi connectivity index (χ2v) is 4.63. The summed E-state index contributed by atoms with van der Waals surface area (Å²) in [7, 11) is 2.95. The van der Waals surface area contributed by atoms with E-state index in [1.807, 2.05) is 6.92 Å². The van der Waals surface area contributed by atoms with Crippen molar-refractivity contribution in [1.82, 2.24) is 9.97 Å². The van der Waals surface area contributed by atoms with Crippen LogP contribution in [0.4, 0.5) is 0 Å². The van der Waals surface area contributed by atoms with Gasteiger partial charge in [-0.3, -0.25) is 0 Å². The van der Waals surface area contributed by atoms with Gasteiger partial charge >= 0.3 is 0 Å². The van der Waals surface area contributed by atoms with E-state index in [-0.39, 0.29) is 5.88 Å². The van der Waals surface area contributed by atoms with Gasteiger partial charge in [0, 0.05) is 5.02 Å². The van der Waals surface area contributed by atoms with Crippen molar-refractivity contribution < 1.29 is 14.6 Å². The second-order valence-electron chi connectivity index (χ2n) is 4.22. The summed E-state index contributed by atoms with van der Waals surface area (Å²) in [5, 5.41) is 11.1. The van der Waals surface area contributed by atoms with Gasteiger partial charge in [0.15, 0.2) is 0 Å². The maximum Gasteiger partial charge on any atom is 0.241 e. The summed E-state index contributed by atoms with van der Waals surface area (Å²) in [5.41, 5.74) is 1.88. The molecule has 1 aromatic heterocycles. The second kappa shape index (κ2) is 6.07. The molecule has 6 heteroatoms. The van der Waals surface area contributed by atoms with Crippen LogP contribution < -0.4 is 9.47 Å². The van der Waals surface area contributed by atoms with Crippen LogP contribution in [0, 0.1) is 6.92 Å². The summed E-state index contributed by atoms with van der Waals surface area (Å²) in [6.45, 7) is 1.87. The molecule has 2 rings (SSSR count). The number of ether oxygens (including phenoxy) is 2. The lowest BCUT2D eigenvalue weighted by Gasteiger charge is -2.14. The van der Waals surface area contributed by atoms with Gasteiger partial charge in [0.2, 0.25) is 11.8 Å². The Hall–Kier alpha value is -1.85. The van der Waals surface area contributed by atoms with Crippen molar-refractivity contribution in [2.75, 3.05) is 14.2 Å². The van der Waals surface area contributed by atoms with E-state index in [9.17, 15) is 5.11 Å². The zero-order chi connectivity index (χ0) is 14.7. The highest BCUT2D eigenvalue weighted by Crippen LogP contribution is 2.29. The van der Waals surface area contributed by atoms with Crippen LogP contribution in [0.5, 0.6) is 11.8 Å². The molecule has 1 heterocycles. The molecule has 0 amide bonds. The van der Waals surface area contributed by atoms with Gasteiger partial charge in [-0.05, 0) is 24.1 Å². The minimum absolute atomic E-state index is 0.226. The van der Waals surface area contributed by atoms with E-state index in [0.29, 0.717) is 22.2 Å². The van der Waals surface area contributed by atoms with E-state index in [2.05, 4.69) is 9.97 Å². The lowest BCUT2D eigenvalue weighted by atomic mass is 10.0. The first-order valence-corrected chi connectivity index (χ1v) is 6.33. The number of benzene rings is 1. The molecular weight excluding hydrogens is 280 g/mol. The lowest BCUT2D eigenvalue weighted by Crippen LogP contribution is -2.07. The molecule has 0 aliphatic heterocycles. The number of hydrogen-bond donors (Lipinski definition) is 1. The number of hydrogen-bond acceptors (Lipinski definition) is 5. The minimum atomic E-state index is -0.945. The molecule has 0 bridgehead atoms. The Kier molecular flexibility index (Phi) is 4.42. The van der Waals surface area contributed by atoms with Crippen molar-refractivity contribution in [3.63, 3.8) is 0 Å². The third-order valence-electron chi connectivity index (χ3n) is 2.90. The standard InChI is InChI=1S/C14H15ClN2O3/c1-8-6-9(4-5-10(8)15)13(18)12-14(20-3)17-11(19-2)7-16-12/h4-7,13,18H,1-3H3. The van der Waals surface area contributed by atoms with Crippen molar-refractivity contribution >= 4 is 11.6 Å². The van der Waals surface area contributed by atoms with Crippen LogP contribution in [-0.4, -0.2) is 29.3 Å². The molecule has 0 fully saturated rings. The molecule has 1 N–H and O–H groups in total. The Morgan fingerprint density at radius 2 is 2.00 bits per heavy atom. The SMILES string of the molecule is COc1cnc(C(O)c2ccc(Cl)c(C)c2)c(OC)n1. The van der Waals surface area contributed by atoms with Gasteiger partial charge in [-0.2, -0.15) is 4.98 Å². The smallest absolute Gasteiger partial charge is 0.241 e. The van der Waals surface area contributed by atoms with Crippen LogP contribution in [0.2, 0.25) is 5.02 Å². The number of aliphatic hydroxyl groups is 1. The number of methoxy groups -OCH3 is 2. The highest BCUT2D eigenvalue weighted by molar-refractivity contribution is 6.31. The lowest BCUT2D eigenvalue weighted by molar-refractivity contribution is 0.206. The third kappa shape index (κ3) is 2.84. The van der Waals surface area contributed by atoms with Crippen LogP contribution in [0.1, 0.15) is 22.9 Å². The van der Waals surface area contributed by atoms with Gasteiger partial charge < -0.3 is 14.6 Å². The van der Waals surface area contributed by atoms with Crippen molar-refractivity contribution in [2.45, 2.75) is 13.0 Å². The molecule has 20 heavy (non-hydrogen) atoms. The van der Waals surface area contributed by atoms with E-state index in [1.54, 1.807) is 18.2 Å². The first-order valence-electron chi connectivity index (χ1n) is 5.96. The summed E-state index contributed by atoms with van der Waals surface area (Å²) < 4.78 is 10.1. The largest absolute Gasteiger partial charge is 0.480 e. The molecule has 0 aliphatic carbocycles. The monoisotopic (exact) mass is 294 g/mol. The Morgan fingerprint density at radius 1 is 1.25 bits per heavy atom. The topological polar surface area (TPSA) is 64.5 Å². The molecule has 5 nitrogen and oxygen atoms in total. The Bertz CT molecular complexity index is 619. The molecule has 0 spiro atoms. The summed E-state index contributed by atoms with van der Waals surface area (Å²) in [6.07, 6.45) is 0.489. The van der Waals surface area contributed by atoms with Crippen LogP contribution >= 0.6 is 11.6 Å². The van der Waals surface area contributed by atoms with E-state index in [4.69, 9.17) is 21.1 Å². The fourth-order valence-corrected chi connectivity index (χ4v) is 1.92. The fraction of sp³-hybridized carbons (Fsp3) is 0.286. The third-order valence-corrected chi connectivity index (χ3v) is 3.33. The molecule has 1 unspecified atom stereocenters. The normalized spacial score (nSPS) is 12.1. The Balaban J connectivity index is 2.41.